The molecule has 0 aromatic heterocycles. The molecule has 1 fully saturated rings. The highest BCUT2D eigenvalue weighted by molar-refractivity contribution is 5.01. The monoisotopic (exact) mass is 138 g/mol. The molecular formula is C6H9F3. The van der Waals surface area contributed by atoms with E-state index in [1.807, 2.05) is 0 Å². The van der Waals surface area contributed by atoms with E-state index >= 15 is 0 Å². The molecule has 2 atom stereocenters. The fourth-order valence-corrected chi connectivity index (χ4v) is 0.972. The van der Waals surface area contributed by atoms with E-state index in [9.17, 15) is 13.2 Å². The molecule has 0 N–H and O–H groups in total. The lowest BCUT2D eigenvalue weighted by atomic mass is 10.1. The molecule has 0 aromatic carbocycles. The highest BCUT2D eigenvalue weighted by atomic mass is 19.4. The van der Waals surface area contributed by atoms with Crippen LogP contribution in [0, 0.1) is 11.3 Å². The summed E-state index contributed by atoms with van der Waals surface area (Å²) < 4.78 is 35.6. The molecule has 54 valence electrons. The van der Waals surface area contributed by atoms with Gasteiger partial charge in [0.15, 0.2) is 0 Å². The average Bonchev–Trinajstić information content (AvgIpc) is 2.13. The predicted octanol–water partition coefficient (Wildman–Crippen LogP) is 2.59. The molecule has 0 amide bonds. The fourth-order valence-electron chi connectivity index (χ4n) is 0.972. The molecule has 0 aliphatic heterocycles. The van der Waals surface area contributed by atoms with Crippen LogP contribution in [0.1, 0.15) is 20.3 Å². The Kier molecular flexibility index (Phi) is 1.10. The van der Waals surface area contributed by atoms with Crippen molar-refractivity contribution in [2.24, 2.45) is 11.3 Å². The zero-order chi connectivity index (χ0) is 7.28. The molecule has 9 heavy (non-hydrogen) atoms. The van der Waals surface area contributed by atoms with Crippen LogP contribution in [0.25, 0.3) is 0 Å². The molecular weight excluding hydrogens is 129 g/mol. The van der Waals surface area contributed by atoms with Gasteiger partial charge in [-0.1, -0.05) is 13.8 Å². The van der Waals surface area contributed by atoms with E-state index in [0.717, 1.165) is 0 Å². The van der Waals surface area contributed by atoms with Crippen molar-refractivity contribution in [2.75, 3.05) is 0 Å². The molecule has 0 nitrogen and oxygen atoms in total. The quantitative estimate of drug-likeness (QED) is 0.482. The van der Waals surface area contributed by atoms with E-state index in [0.29, 0.717) is 6.42 Å². The second kappa shape index (κ2) is 1.44. The molecule has 2 unspecified atom stereocenters. The SMILES string of the molecule is CC1CC1(C)C(F)(F)F. The largest absolute Gasteiger partial charge is 0.394 e. The second-order valence-electron chi connectivity index (χ2n) is 3.02. The Labute approximate surface area is 52.1 Å². The normalized spacial score (nSPS) is 43.0. The smallest absolute Gasteiger partial charge is 0.171 e. The maximum atomic E-state index is 11.9. The molecule has 0 saturated heterocycles. The van der Waals surface area contributed by atoms with Crippen LogP contribution < -0.4 is 0 Å². The van der Waals surface area contributed by atoms with E-state index in [4.69, 9.17) is 0 Å². The van der Waals surface area contributed by atoms with Gasteiger partial charge in [-0.05, 0) is 12.3 Å². The molecule has 0 bridgehead atoms. The molecule has 0 aromatic rings. The van der Waals surface area contributed by atoms with E-state index < -0.39 is 11.6 Å². The number of hydrogen-bond donors (Lipinski definition) is 0. The molecule has 1 rings (SSSR count). The maximum absolute atomic E-state index is 11.9. The Balaban J connectivity index is 2.64. The van der Waals surface area contributed by atoms with E-state index in [-0.39, 0.29) is 5.92 Å². The molecule has 0 radical (unpaired) electrons. The number of hydrogen-bond acceptors (Lipinski definition) is 0. The van der Waals surface area contributed by atoms with Gasteiger partial charge in [0.05, 0.1) is 5.41 Å². The Morgan fingerprint density at radius 1 is 1.44 bits per heavy atom. The highest BCUT2D eigenvalue weighted by Gasteiger charge is 2.64. The van der Waals surface area contributed by atoms with Crippen LogP contribution in [0.2, 0.25) is 0 Å². The second-order valence-corrected chi connectivity index (χ2v) is 3.02. The number of rotatable bonds is 0. The minimum atomic E-state index is -3.98. The van der Waals surface area contributed by atoms with Crippen molar-refractivity contribution in [3.8, 4) is 0 Å². The van der Waals surface area contributed by atoms with Gasteiger partial charge in [0.1, 0.15) is 0 Å². The van der Waals surface area contributed by atoms with Crippen LogP contribution >= 0.6 is 0 Å². The first kappa shape index (κ1) is 6.90. The van der Waals surface area contributed by atoms with Crippen LogP contribution in [-0.4, -0.2) is 6.18 Å². The van der Waals surface area contributed by atoms with Gasteiger partial charge in [0.25, 0.3) is 0 Å². The molecule has 0 heterocycles. The van der Waals surface area contributed by atoms with Gasteiger partial charge < -0.3 is 0 Å². The Hall–Kier alpha value is -0.210. The van der Waals surface area contributed by atoms with Crippen LogP contribution in [0.4, 0.5) is 13.2 Å². The zero-order valence-corrected chi connectivity index (χ0v) is 5.42. The van der Waals surface area contributed by atoms with Gasteiger partial charge in [-0.15, -0.1) is 0 Å². The van der Waals surface area contributed by atoms with Gasteiger partial charge in [-0.25, -0.2) is 0 Å². The predicted molar refractivity (Wildman–Crippen MR) is 27.9 cm³/mol. The lowest BCUT2D eigenvalue weighted by Crippen LogP contribution is -2.22. The van der Waals surface area contributed by atoms with Crippen molar-refractivity contribution < 1.29 is 13.2 Å². The summed E-state index contributed by atoms with van der Waals surface area (Å²) in [4.78, 5) is 0. The zero-order valence-electron chi connectivity index (χ0n) is 5.42. The summed E-state index contributed by atoms with van der Waals surface area (Å²) in [7, 11) is 0. The molecule has 1 aliphatic carbocycles. The first-order valence-corrected chi connectivity index (χ1v) is 2.94. The topological polar surface area (TPSA) is 0 Å². The first-order valence-electron chi connectivity index (χ1n) is 2.94. The number of alkyl halides is 3. The minimum absolute atomic E-state index is 0.169. The first-order chi connectivity index (χ1) is 3.88. The third kappa shape index (κ3) is 0.825. The highest BCUT2D eigenvalue weighted by Crippen LogP contribution is 2.61. The van der Waals surface area contributed by atoms with E-state index in [1.165, 1.54) is 6.92 Å². The van der Waals surface area contributed by atoms with E-state index in [2.05, 4.69) is 0 Å². The minimum Gasteiger partial charge on any atom is -0.171 e. The lowest BCUT2D eigenvalue weighted by Gasteiger charge is -2.13. The van der Waals surface area contributed by atoms with Crippen molar-refractivity contribution in [2.45, 2.75) is 26.4 Å². The van der Waals surface area contributed by atoms with Gasteiger partial charge in [0, 0.05) is 0 Å². The third-order valence-corrected chi connectivity index (χ3v) is 2.31. The summed E-state index contributed by atoms with van der Waals surface area (Å²) >= 11 is 0. The lowest BCUT2D eigenvalue weighted by molar-refractivity contribution is -0.185. The van der Waals surface area contributed by atoms with Gasteiger partial charge in [-0.3, -0.25) is 0 Å². The molecule has 1 aliphatic rings. The molecule has 0 spiro atoms. The van der Waals surface area contributed by atoms with Crippen LogP contribution in [0.15, 0.2) is 0 Å². The maximum Gasteiger partial charge on any atom is 0.394 e. The summed E-state index contributed by atoms with van der Waals surface area (Å²) in [6.07, 6.45) is -3.68. The molecule has 1 saturated carbocycles. The van der Waals surface area contributed by atoms with Gasteiger partial charge in [0.2, 0.25) is 0 Å². The van der Waals surface area contributed by atoms with Crippen LogP contribution in [0.3, 0.4) is 0 Å². The van der Waals surface area contributed by atoms with Crippen LogP contribution in [-0.2, 0) is 0 Å². The van der Waals surface area contributed by atoms with Crippen molar-refractivity contribution in [1.29, 1.82) is 0 Å². The molecule has 3 heteroatoms. The average molecular weight is 138 g/mol. The summed E-state index contributed by atoms with van der Waals surface area (Å²) in [5.41, 5.74) is -1.35. The van der Waals surface area contributed by atoms with Crippen molar-refractivity contribution in [3.05, 3.63) is 0 Å². The van der Waals surface area contributed by atoms with Gasteiger partial charge in [-0.2, -0.15) is 13.2 Å². The third-order valence-electron chi connectivity index (χ3n) is 2.31. The Bertz CT molecular complexity index is 127. The fraction of sp³-hybridized carbons (Fsp3) is 1.00. The number of halogens is 3. The van der Waals surface area contributed by atoms with Crippen LogP contribution in [0.5, 0.6) is 0 Å². The summed E-state index contributed by atoms with van der Waals surface area (Å²) in [5, 5.41) is 0. The Morgan fingerprint density at radius 3 is 1.78 bits per heavy atom. The van der Waals surface area contributed by atoms with Crippen molar-refractivity contribution in [3.63, 3.8) is 0 Å². The van der Waals surface area contributed by atoms with Crippen molar-refractivity contribution in [1.82, 2.24) is 0 Å². The van der Waals surface area contributed by atoms with Gasteiger partial charge >= 0.3 is 6.18 Å². The Morgan fingerprint density at radius 2 is 1.78 bits per heavy atom. The van der Waals surface area contributed by atoms with Crippen molar-refractivity contribution >= 4 is 0 Å². The summed E-state index contributed by atoms with van der Waals surface area (Å²) in [6.45, 7) is 2.91. The summed E-state index contributed by atoms with van der Waals surface area (Å²) in [6, 6.07) is 0. The standard InChI is InChI=1S/C6H9F3/c1-4-3-5(4,2)6(7,8)9/h4H,3H2,1-2H3. The van der Waals surface area contributed by atoms with E-state index in [1.54, 1.807) is 6.92 Å². The summed E-state index contributed by atoms with van der Waals surface area (Å²) in [5.74, 6) is -0.169.